The number of H-pyrrole nitrogens is 1. The predicted octanol–water partition coefficient (Wildman–Crippen LogP) is 0.887. The predicted molar refractivity (Wildman–Crippen MR) is 103 cm³/mol. The lowest BCUT2D eigenvalue weighted by molar-refractivity contribution is 0.0735. The van der Waals surface area contributed by atoms with E-state index in [-0.39, 0.29) is 17.3 Å². The van der Waals surface area contributed by atoms with E-state index in [1.54, 1.807) is 15.8 Å². The largest absolute Gasteiger partial charge is 0.368 e. The Labute approximate surface area is 161 Å². The van der Waals surface area contributed by atoms with Crippen LogP contribution in [0.15, 0.2) is 35.6 Å². The number of aromatic nitrogens is 5. The van der Waals surface area contributed by atoms with Crippen LogP contribution in [0.5, 0.6) is 0 Å². The molecule has 3 aromatic rings. The first-order valence-electron chi connectivity index (χ1n) is 9.58. The molecule has 28 heavy (non-hydrogen) atoms. The summed E-state index contributed by atoms with van der Waals surface area (Å²) in [6.45, 7) is 3.40. The van der Waals surface area contributed by atoms with Gasteiger partial charge >= 0.3 is 0 Å². The van der Waals surface area contributed by atoms with Crippen LogP contribution >= 0.6 is 0 Å². The van der Waals surface area contributed by atoms with Gasteiger partial charge in [-0.2, -0.15) is 5.10 Å². The highest BCUT2D eigenvalue weighted by Crippen LogP contribution is 2.30. The van der Waals surface area contributed by atoms with E-state index in [0.717, 1.165) is 17.7 Å². The van der Waals surface area contributed by atoms with E-state index in [0.29, 0.717) is 37.5 Å². The van der Waals surface area contributed by atoms with E-state index in [9.17, 15) is 9.59 Å². The second-order valence-corrected chi connectivity index (χ2v) is 7.46. The average molecular weight is 379 g/mol. The highest BCUT2D eigenvalue weighted by Gasteiger charge is 2.25. The van der Waals surface area contributed by atoms with E-state index in [1.165, 1.54) is 19.2 Å². The Morgan fingerprint density at radius 3 is 2.68 bits per heavy atom. The summed E-state index contributed by atoms with van der Waals surface area (Å²) in [6, 6.07) is 5.81. The molecular weight excluding hydrogens is 358 g/mol. The number of hydrogen-bond acceptors (Lipinski definition) is 6. The molecule has 5 rings (SSSR count). The molecule has 1 N–H and O–H groups in total. The molecule has 2 fully saturated rings. The van der Waals surface area contributed by atoms with Crippen LogP contribution in [0.25, 0.3) is 10.9 Å². The van der Waals surface area contributed by atoms with Crippen molar-refractivity contribution >= 4 is 22.5 Å². The zero-order valence-corrected chi connectivity index (χ0v) is 15.4. The number of hydrogen-bond donors (Lipinski definition) is 1. The van der Waals surface area contributed by atoms with Crippen molar-refractivity contribution in [3.8, 4) is 0 Å². The summed E-state index contributed by atoms with van der Waals surface area (Å²) >= 11 is 0. The fourth-order valence-corrected chi connectivity index (χ4v) is 3.68. The first-order valence-corrected chi connectivity index (χ1v) is 9.58. The highest BCUT2D eigenvalue weighted by molar-refractivity contribution is 5.90. The van der Waals surface area contributed by atoms with Gasteiger partial charge in [0.15, 0.2) is 0 Å². The van der Waals surface area contributed by atoms with Crippen molar-refractivity contribution in [2.75, 3.05) is 31.1 Å². The third-order valence-corrected chi connectivity index (χ3v) is 5.51. The van der Waals surface area contributed by atoms with Crippen LogP contribution in [0.2, 0.25) is 0 Å². The first-order chi connectivity index (χ1) is 13.7. The molecule has 9 heteroatoms. The SMILES string of the molecule is O=C(c1ncn[nH]1)N1CCN(c2ccc3c(=O)n(CC4CC4)cnc3c2)CC1. The summed E-state index contributed by atoms with van der Waals surface area (Å²) < 4.78 is 1.73. The molecule has 3 heterocycles. The maximum atomic E-state index is 12.7. The molecule has 0 unspecified atom stereocenters. The molecule has 0 atom stereocenters. The van der Waals surface area contributed by atoms with E-state index >= 15 is 0 Å². The third kappa shape index (κ3) is 3.12. The number of nitrogens with zero attached hydrogens (tertiary/aromatic N) is 6. The molecule has 2 aliphatic rings. The summed E-state index contributed by atoms with van der Waals surface area (Å²) in [5.41, 5.74) is 1.77. The Morgan fingerprint density at radius 2 is 1.96 bits per heavy atom. The Kier molecular flexibility index (Phi) is 4.07. The normalized spacial score (nSPS) is 17.3. The average Bonchev–Trinajstić information content (AvgIpc) is 3.38. The molecule has 1 aliphatic carbocycles. The number of nitrogens with one attached hydrogen (secondary N) is 1. The van der Waals surface area contributed by atoms with Gasteiger partial charge in [-0.1, -0.05) is 0 Å². The van der Waals surface area contributed by atoms with Crippen molar-refractivity contribution in [3.05, 3.63) is 47.0 Å². The molecule has 1 aliphatic heterocycles. The van der Waals surface area contributed by atoms with Gasteiger partial charge in [-0.3, -0.25) is 19.3 Å². The molecular formula is C19H21N7O2. The van der Waals surface area contributed by atoms with Crippen molar-refractivity contribution < 1.29 is 4.79 Å². The number of piperazine rings is 1. The molecule has 0 bridgehead atoms. The van der Waals surface area contributed by atoms with Gasteiger partial charge in [0, 0.05) is 38.4 Å². The Balaban J connectivity index is 1.31. The maximum absolute atomic E-state index is 12.7. The number of fused-ring (bicyclic) bond motifs is 1. The minimum Gasteiger partial charge on any atom is -0.368 e. The molecule has 1 amide bonds. The van der Waals surface area contributed by atoms with Crippen LogP contribution in [0.1, 0.15) is 23.5 Å². The summed E-state index contributed by atoms with van der Waals surface area (Å²) in [5, 5.41) is 7.01. The van der Waals surface area contributed by atoms with Gasteiger partial charge in [0.2, 0.25) is 5.82 Å². The zero-order chi connectivity index (χ0) is 19.1. The zero-order valence-electron chi connectivity index (χ0n) is 15.4. The van der Waals surface area contributed by atoms with Crippen LogP contribution in [-0.2, 0) is 6.54 Å². The Bertz CT molecular complexity index is 1060. The molecule has 0 radical (unpaired) electrons. The van der Waals surface area contributed by atoms with Crippen molar-refractivity contribution in [2.45, 2.75) is 19.4 Å². The number of benzene rings is 1. The standard InChI is InChI=1S/C19H21N7O2/c27-18-15-4-3-14(9-16(15)21-12-26(18)10-13-1-2-13)24-5-7-25(8-6-24)19(28)17-20-11-22-23-17/h3-4,9,11-13H,1-2,5-8,10H2,(H,20,22,23). The smallest absolute Gasteiger partial charge is 0.291 e. The van der Waals surface area contributed by atoms with Gasteiger partial charge < -0.3 is 9.80 Å². The number of carbonyl (C=O) groups is 1. The molecule has 0 spiro atoms. The summed E-state index contributed by atoms with van der Waals surface area (Å²) in [7, 11) is 0. The molecule has 2 aromatic heterocycles. The minimum atomic E-state index is -0.131. The van der Waals surface area contributed by atoms with Crippen molar-refractivity contribution in [3.63, 3.8) is 0 Å². The second kappa shape index (κ2) is 6.74. The van der Waals surface area contributed by atoms with Crippen LogP contribution in [0.4, 0.5) is 5.69 Å². The quantitative estimate of drug-likeness (QED) is 0.723. The van der Waals surface area contributed by atoms with Crippen molar-refractivity contribution in [1.82, 2.24) is 29.6 Å². The number of carbonyl (C=O) groups excluding carboxylic acids is 1. The maximum Gasteiger partial charge on any atom is 0.291 e. The summed E-state index contributed by atoms with van der Waals surface area (Å²) in [4.78, 5) is 37.4. The van der Waals surface area contributed by atoms with Gasteiger partial charge in [0.05, 0.1) is 17.2 Å². The third-order valence-electron chi connectivity index (χ3n) is 5.51. The van der Waals surface area contributed by atoms with Crippen molar-refractivity contribution in [2.24, 2.45) is 5.92 Å². The summed E-state index contributed by atoms with van der Waals surface area (Å²) in [5.74, 6) is 0.770. The van der Waals surface area contributed by atoms with Gasteiger partial charge in [-0.15, -0.1) is 0 Å². The topological polar surface area (TPSA) is 100 Å². The van der Waals surface area contributed by atoms with Crippen LogP contribution in [0.3, 0.4) is 0 Å². The fourth-order valence-electron chi connectivity index (χ4n) is 3.68. The second-order valence-electron chi connectivity index (χ2n) is 7.46. The minimum absolute atomic E-state index is 0.0333. The monoisotopic (exact) mass is 379 g/mol. The fraction of sp³-hybridized carbons (Fsp3) is 0.421. The summed E-state index contributed by atoms with van der Waals surface area (Å²) in [6.07, 6.45) is 5.41. The molecule has 144 valence electrons. The molecule has 1 aromatic carbocycles. The number of amides is 1. The molecule has 9 nitrogen and oxygen atoms in total. The van der Waals surface area contributed by atoms with Gasteiger partial charge in [0.1, 0.15) is 6.33 Å². The lowest BCUT2D eigenvalue weighted by Crippen LogP contribution is -2.49. The Morgan fingerprint density at radius 1 is 1.14 bits per heavy atom. The lowest BCUT2D eigenvalue weighted by atomic mass is 10.2. The molecule has 1 saturated heterocycles. The van der Waals surface area contributed by atoms with E-state index in [4.69, 9.17) is 0 Å². The van der Waals surface area contributed by atoms with Gasteiger partial charge in [-0.25, -0.2) is 9.97 Å². The number of aromatic amines is 1. The lowest BCUT2D eigenvalue weighted by Gasteiger charge is -2.35. The highest BCUT2D eigenvalue weighted by atomic mass is 16.2. The van der Waals surface area contributed by atoms with Crippen molar-refractivity contribution in [1.29, 1.82) is 0 Å². The Hall–Kier alpha value is -3.23. The van der Waals surface area contributed by atoms with Crippen LogP contribution in [-0.4, -0.2) is 61.7 Å². The van der Waals surface area contributed by atoms with E-state index in [2.05, 4.69) is 25.1 Å². The molecule has 1 saturated carbocycles. The van der Waals surface area contributed by atoms with Crippen LogP contribution < -0.4 is 10.5 Å². The van der Waals surface area contributed by atoms with Gasteiger partial charge in [0.25, 0.3) is 11.5 Å². The number of anilines is 1. The number of rotatable bonds is 4. The van der Waals surface area contributed by atoms with Crippen LogP contribution in [0, 0.1) is 5.92 Å². The first kappa shape index (κ1) is 16.9. The van der Waals surface area contributed by atoms with E-state index in [1.807, 2.05) is 18.2 Å². The van der Waals surface area contributed by atoms with E-state index < -0.39 is 0 Å². The van der Waals surface area contributed by atoms with Gasteiger partial charge in [-0.05, 0) is 37.0 Å².